The van der Waals surface area contributed by atoms with Gasteiger partial charge >= 0.3 is 0 Å². The first kappa shape index (κ1) is 41.5. The van der Waals surface area contributed by atoms with Crippen LogP contribution in [0, 0.1) is 11.3 Å². The Bertz CT molecular complexity index is 2260. The molecule has 2 aliphatic heterocycles. The van der Waals surface area contributed by atoms with Crippen LogP contribution in [-0.4, -0.2) is 94.3 Å². The zero-order valence-corrected chi connectivity index (χ0v) is 35.0. The first-order chi connectivity index (χ1) is 27.5. The van der Waals surface area contributed by atoms with Crippen LogP contribution in [0.25, 0.3) is 10.9 Å². The average Bonchev–Trinajstić information content (AvgIpc) is 3.96. The Morgan fingerprint density at radius 3 is 2.57 bits per heavy atom. The van der Waals surface area contributed by atoms with Crippen LogP contribution in [-0.2, 0) is 31.5 Å². The molecule has 15 nitrogen and oxygen atoms in total. The van der Waals surface area contributed by atoms with E-state index < -0.39 is 61.9 Å². The van der Waals surface area contributed by atoms with Crippen molar-refractivity contribution >= 4 is 56.0 Å². The number of nitrogens with one attached hydrogen (secondary N) is 2. The number of ketones is 1. The first-order valence-corrected chi connectivity index (χ1v) is 21.8. The number of ether oxygens (including phenoxy) is 3. The van der Waals surface area contributed by atoms with Gasteiger partial charge in [-0.25, -0.2) is 13.4 Å². The second-order valence-corrected chi connectivity index (χ2v) is 19.1. The highest BCUT2D eigenvalue weighted by atomic mass is 35.5. The molecule has 4 aliphatic rings. The van der Waals surface area contributed by atoms with Gasteiger partial charge in [0.2, 0.25) is 27.7 Å². The highest BCUT2D eigenvalue weighted by molar-refractivity contribution is 7.91. The van der Waals surface area contributed by atoms with Crippen molar-refractivity contribution in [3.05, 3.63) is 53.3 Å². The number of amides is 3. The Balaban J connectivity index is 1.23. The maximum Gasteiger partial charge on any atom is 0.272 e. The number of sulfonamides is 1. The number of nitrogens with zero attached hydrogens (tertiary/aromatic N) is 4. The maximum absolute atomic E-state index is 14.7. The molecule has 2 aliphatic carbocycles. The molecule has 7 rings (SSSR count). The predicted octanol–water partition coefficient (Wildman–Crippen LogP) is 5.05. The van der Waals surface area contributed by atoms with Crippen LogP contribution in [0.15, 0.2) is 42.6 Å². The van der Waals surface area contributed by atoms with Crippen molar-refractivity contribution in [1.82, 2.24) is 29.7 Å². The van der Waals surface area contributed by atoms with Gasteiger partial charge in [0, 0.05) is 37.5 Å². The standard InChI is InChI=1S/C41H51ClN6O9S/c1-24(2)56-34-20-33(27-13-14-28(42)36(55-5)35(27)44-34)57-26-19-31-32(49)22-41(39(52)46-58(53,54)40(3)16-17-40)21-25(41)11-9-7-6-8-10-12-30(38(51)48(31)23-26)43-37(50)29-15-18-47(4)45-29/h9,11,13-15,18,20,24-26,30-31H,6-8,10,12,16-17,19,21-23H2,1-5H3,(H,43,50)(H,46,52)/b11-9-/t25-,26-,30+,31+,41-/m1/s1. The third kappa shape index (κ3) is 8.40. The summed E-state index contributed by atoms with van der Waals surface area (Å²) < 4.78 is 47.5. The summed E-state index contributed by atoms with van der Waals surface area (Å²) in [5.74, 6) is -1.50. The minimum Gasteiger partial charge on any atom is -0.493 e. The summed E-state index contributed by atoms with van der Waals surface area (Å²) in [6, 6.07) is 4.58. The number of halogens is 1. The number of rotatable bonds is 10. The lowest BCUT2D eigenvalue weighted by Crippen LogP contribution is -2.52. The van der Waals surface area contributed by atoms with Crippen molar-refractivity contribution in [2.24, 2.45) is 18.4 Å². The van der Waals surface area contributed by atoms with Crippen molar-refractivity contribution < 1.29 is 41.8 Å². The highest BCUT2D eigenvalue weighted by Crippen LogP contribution is 2.57. The van der Waals surface area contributed by atoms with Gasteiger partial charge in [-0.1, -0.05) is 36.6 Å². The van der Waals surface area contributed by atoms with Crippen molar-refractivity contribution in [3.8, 4) is 17.4 Å². The summed E-state index contributed by atoms with van der Waals surface area (Å²) in [5.41, 5.74) is -0.753. The molecule has 0 unspecified atom stereocenters. The number of hydrogen-bond donors (Lipinski definition) is 2. The first-order valence-electron chi connectivity index (χ1n) is 19.9. The van der Waals surface area contributed by atoms with Crippen LogP contribution in [0.4, 0.5) is 0 Å². The van der Waals surface area contributed by atoms with Crippen LogP contribution in [0.5, 0.6) is 17.4 Å². The molecule has 58 heavy (non-hydrogen) atoms. The summed E-state index contributed by atoms with van der Waals surface area (Å²) in [5, 5.41) is 7.99. The van der Waals surface area contributed by atoms with Crippen molar-refractivity contribution in [3.63, 3.8) is 0 Å². The molecular formula is C41H51ClN6O9S. The number of aromatic nitrogens is 3. The second kappa shape index (κ2) is 16.2. The number of benzene rings is 1. The van der Waals surface area contributed by atoms with E-state index in [-0.39, 0.29) is 43.0 Å². The van der Waals surface area contributed by atoms with E-state index in [1.165, 1.54) is 16.7 Å². The summed E-state index contributed by atoms with van der Waals surface area (Å²) >= 11 is 6.48. The highest BCUT2D eigenvalue weighted by Gasteiger charge is 2.62. The molecule has 17 heteroatoms. The van der Waals surface area contributed by atoms with E-state index >= 15 is 0 Å². The smallest absolute Gasteiger partial charge is 0.272 e. The molecule has 3 amide bonds. The number of carbonyl (C=O) groups is 4. The van der Waals surface area contributed by atoms with Crippen LogP contribution in [0.3, 0.4) is 0 Å². The van der Waals surface area contributed by atoms with Crippen LogP contribution in [0.1, 0.15) is 95.5 Å². The number of pyridine rings is 1. The van der Waals surface area contributed by atoms with Gasteiger partial charge in [0.1, 0.15) is 29.1 Å². The molecule has 5 atom stereocenters. The number of Topliss-reactive ketones (excluding diaryl/α,β-unsaturated/α-hetero) is 1. The van der Waals surface area contributed by atoms with Gasteiger partial charge < -0.3 is 24.4 Å². The molecule has 0 radical (unpaired) electrons. The fraction of sp³-hybridized carbons (Fsp3) is 0.561. The van der Waals surface area contributed by atoms with Gasteiger partial charge in [-0.3, -0.25) is 28.6 Å². The molecular weight excluding hydrogens is 788 g/mol. The van der Waals surface area contributed by atoms with E-state index in [1.807, 2.05) is 26.0 Å². The zero-order valence-electron chi connectivity index (χ0n) is 33.5. The van der Waals surface area contributed by atoms with Crippen molar-refractivity contribution in [2.45, 2.75) is 114 Å². The van der Waals surface area contributed by atoms with Crippen molar-refractivity contribution in [1.29, 1.82) is 0 Å². The minimum absolute atomic E-state index is 0.0185. The minimum atomic E-state index is -3.98. The Morgan fingerprint density at radius 2 is 1.88 bits per heavy atom. The molecule has 4 heterocycles. The van der Waals surface area contributed by atoms with Gasteiger partial charge in [-0.2, -0.15) is 5.10 Å². The van der Waals surface area contributed by atoms with Crippen molar-refractivity contribution in [2.75, 3.05) is 13.7 Å². The van der Waals surface area contributed by atoms with Crippen LogP contribution < -0.4 is 24.2 Å². The van der Waals surface area contributed by atoms with E-state index in [4.69, 9.17) is 25.8 Å². The number of fused-ring (bicyclic) bond motifs is 3. The molecule has 2 aromatic heterocycles. The van der Waals surface area contributed by atoms with E-state index in [0.29, 0.717) is 65.9 Å². The van der Waals surface area contributed by atoms with Gasteiger partial charge in [-0.05, 0) is 83.4 Å². The summed E-state index contributed by atoms with van der Waals surface area (Å²) in [6.07, 6.45) is 8.76. The number of carbonyl (C=O) groups excluding carboxylic acids is 4. The number of allylic oxidation sites excluding steroid dienone is 2. The quantitative estimate of drug-likeness (QED) is 0.260. The molecule has 1 saturated heterocycles. The zero-order chi connectivity index (χ0) is 41.6. The molecule has 312 valence electrons. The Hall–Kier alpha value is -4.70. The number of hydrogen-bond acceptors (Lipinski definition) is 11. The predicted molar refractivity (Wildman–Crippen MR) is 215 cm³/mol. The fourth-order valence-electron chi connectivity index (χ4n) is 8.02. The average molecular weight is 839 g/mol. The lowest BCUT2D eigenvalue weighted by Gasteiger charge is -2.29. The monoisotopic (exact) mass is 838 g/mol. The van der Waals surface area contributed by atoms with Crippen LogP contribution in [0.2, 0.25) is 5.02 Å². The Labute approximate surface area is 343 Å². The molecule has 3 fully saturated rings. The third-order valence-electron chi connectivity index (χ3n) is 11.8. The topological polar surface area (TPSA) is 188 Å². The second-order valence-electron chi connectivity index (χ2n) is 16.5. The molecule has 2 saturated carbocycles. The molecule has 2 N–H and O–H groups in total. The molecule has 0 bridgehead atoms. The van der Waals surface area contributed by atoms with E-state index in [2.05, 4.69) is 20.1 Å². The van der Waals surface area contributed by atoms with Gasteiger partial charge in [0.25, 0.3) is 5.91 Å². The van der Waals surface area contributed by atoms with E-state index in [9.17, 15) is 27.6 Å². The molecule has 1 aromatic carbocycles. The normalized spacial score (nSPS) is 26.5. The number of aryl methyl sites for hydroxylation is 1. The van der Waals surface area contributed by atoms with Crippen LogP contribution >= 0.6 is 11.6 Å². The largest absolute Gasteiger partial charge is 0.493 e. The lowest BCUT2D eigenvalue weighted by molar-refractivity contribution is -0.140. The summed E-state index contributed by atoms with van der Waals surface area (Å²) in [6.45, 7) is 5.30. The lowest BCUT2D eigenvalue weighted by atomic mass is 9.91. The van der Waals surface area contributed by atoms with E-state index in [1.54, 1.807) is 44.4 Å². The SMILES string of the molecule is COc1c(Cl)ccc2c(O[C@@H]3C[C@H]4C(=O)C[C@]5(C(=O)NS(=O)(=O)C6(C)CC6)C[C@H]5/C=C\CCCCC[C@H](NC(=O)c5ccn(C)n5)C(=O)N4C3)cc(OC(C)C)nc12. The maximum atomic E-state index is 14.7. The summed E-state index contributed by atoms with van der Waals surface area (Å²) in [7, 11) is -0.804. The number of methoxy groups -OCH3 is 1. The summed E-state index contributed by atoms with van der Waals surface area (Å²) in [4.78, 5) is 63.0. The molecule has 0 spiro atoms. The van der Waals surface area contributed by atoms with Gasteiger partial charge in [-0.15, -0.1) is 0 Å². The van der Waals surface area contributed by atoms with Gasteiger partial charge in [0.05, 0.1) is 41.0 Å². The Morgan fingerprint density at radius 1 is 1.10 bits per heavy atom. The fourth-order valence-corrected chi connectivity index (χ4v) is 9.58. The Kier molecular flexibility index (Phi) is 11.5. The van der Waals surface area contributed by atoms with Gasteiger partial charge in [0.15, 0.2) is 11.5 Å². The molecule has 3 aromatic rings. The third-order valence-corrected chi connectivity index (χ3v) is 14.2. The van der Waals surface area contributed by atoms with E-state index in [0.717, 1.165) is 12.8 Å².